The number of halogens is 1. The summed E-state index contributed by atoms with van der Waals surface area (Å²) in [4.78, 5) is 21.4. The Morgan fingerprint density at radius 1 is 1.29 bits per heavy atom. The van der Waals surface area contributed by atoms with Gasteiger partial charge in [-0.2, -0.15) is 0 Å². The van der Waals surface area contributed by atoms with Crippen LogP contribution in [0.5, 0.6) is 5.75 Å². The number of para-hydroxylation sites is 2. The summed E-state index contributed by atoms with van der Waals surface area (Å²) in [6, 6.07) is 13.2. The summed E-state index contributed by atoms with van der Waals surface area (Å²) in [5.74, 6) is 0.924. The van der Waals surface area contributed by atoms with Crippen molar-refractivity contribution in [2.45, 2.75) is 19.6 Å². The molecule has 6 nitrogen and oxygen atoms in total. The second-order valence-electron chi connectivity index (χ2n) is 7.10. The van der Waals surface area contributed by atoms with E-state index in [1.165, 1.54) is 4.40 Å². The highest BCUT2D eigenvalue weighted by Crippen LogP contribution is 2.32. The van der Waals surface area contributed by atoms with Gasteiger partial charge in [0.2, 0.25) is 0 Å². The Kier molecular flexibility index (Phi) is 5.24. The molecule has 0 N–H and O–H groups in total. The lowest BCUT2D eigenvalue weighted by molar-refractivity contribution is 0.139. The lowest BCUT2D eigenvalue weighted by Gasteiger charge is -2.37. The lowest BCUT2D eigenvalue weighted by Crippen LogP contribution is -2.45. The first kappa shape index (κ1) is 18.8. The first-order valence-electron chi connectivity index (χ1n) is 9.40. The van der Waals surface area contributed by atoms with Gasteiger partial charge in [-0.25, -0.2) is 4.98 Å². The summed E-state index contributed by atoms with van der Waals surface area (Å²) in [7, 11) is 2.02. The maximum absolute atomic E-state index is 12.4. The van der Waals surface area contributed by atoms with Crippen LogP contribution >= 0.6 is 11.6 Å². The number of pyridine rings is 1. The Bertz CT molecular complexity index is 1050. The second-order valence-corrected chi connectivity index (χ2v) is 7.54. The molecule has 3 heterocycles. The van der Waals surface area contributed by atoms with Gasteiger partial charge in [-0.15, -0.1) is 0 Å². The van der Waals surface area contributed by atoms with E-state index >= 15 is 0 Å². The van der Waals surface area contributed by atoms with E-state index in [9.17, 15) is 4.79 Å². The highest BCUT2D eigenvalue weighted by molar-refractivity contribution is 6.30. The average Bonchev–Trinajstić information content (AvgIpc) is 2.68. The summed E-state index contributed by atoms with van der Waals surface area (Å²) in [6.07, 6.45) is 1.65. The van der Waals surface area contributed by atoms with Crippen molar-refractivity contribution in [1.29, 1.82) is 0 Å². The van der Waals surface area contributed by atoms with Crippen molar-refractivity contribution in [2.24, 2.45) is 0 Å². The fraction of sp³-hybridized carbons (Fsp3) is 0.333. The van der Waals surface area contributed by atoms with Gasteiger partial charge in [-0.1, -0.05) is 23.7 Å². The van der Waals surface area contributed by atoms with E-state index < -0.39 is 0 Å². The van der Waals surface area contributed by atoms with E-state index in [0.29, 0.717) is 17.2 Å². The maximum Gasteiger partial charge on any atom is 0.258 e. The standard InChI is InChI=1S/C21H23ClN4O2/c1-3-25-14-17(28-19-7-5-4-6-18(19)25)13-24(2)12-16-10-21(27)26-11-15(22)8-9-20(26)23-16/h4-11,17H,3,12-14H2,1-2H3/t17-/m1/s1. The Balaban J connectivity index is 1.48. The van der Waals surface area contributed by atoms with Gasteiger partial charge in [0.1, 0.15) is 17.5 Å². The van der Waals surface area contributed by atoms with Gasteiger partial charge in [0.25, 0.3) is 5.56 Å². The Morgan fingerprint density at radius 2 is 2.11 bits per heavy atom. The molecule has 2 aromatic heterocycles. The second kappa shape index (κ2) is 7.81. The Labute approximate surface area is 168 Å². The minimum absolute atomic E-state index is 0.0557. The largest absolute Gasteiger partial charge is 0.485 e. The number of hydrogen-bond acceptors (Lipinski definition) is 5. The van der Waals surface area contributed by atoms with Crippen molar-refractivity contribution in [1.82, 2.24) is 14.3 Å². The van der Waals surface area contributed by atoms with Crippen molar-refractivity contribution in [3.63, 3.8) is 0 Å². The molecule has 3 aromatic rings. The molecule has 1 atom stereocenters. The van der Waals surface area contributed by atoms with Crippen LogP contribution < -0.4 is 15.2 Å². The third-order valence-corrected chi connectivity index (χ3v) is 5.15. The molecule has 28 heavy (non-hydrogen) atoms. The molecule has 1 aromatic carbocycles. The van der Waals surface area contributed by atoms with Crippen LogP contribution in [-0.2, 0) is 6.54 Å². The molecule has 0 saturated heterocycles. The van der Waals surface area contributed by atoms with Crippen LogP contribution in [0.2, 0.25) is 5.02 Å². The van der Waals surface area contributed by atoms with Crippen LogP contribution in [-0.4, -0.2) is 47.1 Å². The number of nitrogens with zero attached hydrogens (tertiary/aromatic N) is 4. The highest BCUT2D eigenvalue weighted by atomic mass is 35.5. The molecule has 1 aliphatic heterocycles. The lowest BCUT2D eigenvalue weighted by atomic mass is 10.2. The maximum atomic E-state index is 12.4. The zero-order valence-electron chi connectivity index (χ0n) is 16.0. The van der Waals surface area contributed by atoms with Gasteiger partial charge in [-0.3, -0.25) is 14.1 Å². The Morgan fingerprint density at radius 3 is 2.93 bits per heavy atom. The van der Waals surface area contributed by atoms with Crippen molar-refractivity contribution >= 4 is 22.9 Å². The van der Waals surface area contributed by atoms with Crippen LogP contribution in [0.1, 0.15) is 12.6 Å². The van der Waals surface area contributed by atoms with E-state index in [1.807, 2.05) is 25.2 Å². The van der Waals surface area contributed by atoms with E-state index in [0.717, 1.165) is 36.8 Å². The molecule has 7 heteroatoms. The van der Waals surface area contributed by atoms with Gasteiger partial charge in [-0.05, 0) is 38.2 Å². The average molecular weight is 399 g/mol. The van der Waals surface area contributed by atoms with Gasteiger partial charge in [0.05, 0.1) is 22.9 Å². The highest BCUT2D eigenvalue weighted by Gasteiger charge is 2.25. The van der Waals surface area contributed by atoms with Gasteiger partial charge >= 0.3 is 0 Å². The van der Waals surface area contributed by atoms with E-state index in [1.54, 1.807) is 24.4 Å². The molecule has 0 spiro atoms. The number of ether oxygens (including phenoxy) is 1. The van der Waals surface area contributed by atoms with Crippen LogP contribution in [0.3, 0.4) is 0 Å². The quantitative estimate of drug-likeness (QED) is 0.661. The molecule has 0 unspecified atom stereocenters. The molecule has 146 valence electrons. The number of rotatable bonds is 5. The topological polar surface area (TPSA) is 50.1 Å². The number of aromatic nitrogens is 2. The van der Waals surface area contributed by atoms with Crippen LogP contribution in [0.15, 0.2) is 53.5 Å². The minimum Gasteiger partial charge on any atom is -0.485 e. The molecule has 0 fully saturated rings. The minimum atomic E-state index is -0.129. The number of anilines is 1. The molecule has 4 rings (SSSR count). The SMILES string of the molecule is CCN1C[C@@H](CN(C)Cc2cc(=O)n3cc(Cl)ccc3n2)Oc2ccccc21. The van der Waals surface area contributed by atoms with Crippen LogP contribution in [0.4, 0.5) is 5.69 Å². The summed E-state index contributed by atoms with van der Waals surface area (Å²) in [5.41, 5.74) is 2.35. The fourth-order valence-electron chi connectivity index (χ4n) is 3.67. The van der Waals surface area contributed by atoms with E-state index in [-0.39, 0.29) is 11.7 Å². The molecular formula is C21H23ClN4O2. The summed E-state index contributed by atoms with van der Waals surface area (Å²) in [6.45, 7) is 5.24. The van der Waals surface area contributed by atoms with Gasteiger partial charge in [0, 0.05) is 31.9 Å². The third-order valence-electron chi connectivity index (χ3n) is 4.93. The van der Waals surface area contributed by atoms with Crippen molar-refractivity contribution in [2.75, 3.05) is 31.6 Å². The summed E-state index contributed by atoms with van der Waals surface area (Å²) in [5, 5.41) is 0.511. The number of hydrogen-bond donors (Lipinski definition) is 0. The zero-order valence-corrected chi connectivity index (χ0v) is 16.8. The van der Waals surface area contributed by atoms with E-state index in [2.05, 4.69) is 27.8 Å². The molecule has 0 amide bonds. The fourth-order valence-corrected chi connectivity index (χ4v) is 3.83. The monoisotopic (exact) mass is 398 g/mol. The predicted octanol–water partition coefficient (Wildman–Crippen LogP) is 3.07. The van der Waals surface area contributed by atoms with Crippen molar-refractivity contribution in [3.05, 3.63) is 69.7 Å². The number of benzene rings is 1. The molecular weight excluding hydrogens is 376 g/mol. The number of fused-ring (bicyclic) bond motifs is 2. The third kappa shape index (κ3) is 3.84. The number of likely N-dealkylation sites (N-methyl/N-ethyl adjacent to an activating group) is 2. The molecule has 0 saturated carbocycles. The Hall–Kier alpha value is -2.57. The summed E-state index contributed by atoms with van der Waals surface area (Å²) < 4.78 is 7.66. The van der Waals surface area contributed by atoms with Crippen molar-refractivity contribution < 1.29 is 4.74 Å². The molecule has 1 aliphatic rings. The smallest absolute Gasteiger partial charge is 0.258 e. The summed E-state index contributed by atoms with van der Waals surface area (Å²) >= 11 is 5.97. The van der Waals surface area contributed by atoms with E-state index in [4.69, 9.17) is 16.3 Å². The van der Waals surface area contributed by atoms with Gasteiger partial charge < -0.3 is 9.64 Å². The molecule has 0 bridgehead atoms. The normalized spacial score (nSPS) is 16.3. The zero-order chi connectivity index (χ0) is 19.7. The van der Waals surface area contributed by atoms with Crippen LogP contribution in [0, 0.1) is 0 Å². The molecule has 0 aliphatic carbocycles. The first-order valence-corrected chi connectivity index (χ1v) is 9.78. The predicted molar refractivity (Wildman–Crippen MR) is 112 cm³/mol. The van der Waals surface area contributed by atoms with Gasteiger partial charge in [0.15, 0.2) is 0 Å². The molecule has 0 radical (unpaired) electrons. The van der Waals surface area contributed by atoms with Crippen LogP contribution in [0.25, 0.3) is 5.65 Å². The first-order chi connectivity index (χ1) is 13.5. The van der Waals surface area contributed by atoms with Crippen molar-refractivity contribution in [3.8, 4) is 5.75 Å².